The average molecular weight is 310 g/mol. The second-order valence-electron chi connectivity index (χ2n) is 5.86. The van der Waals surface area contributed by atoms with E-state index in [4.69, 9.17) is 9.47 Å². The molecule has 0 spiro atoms. The normalized spacial score (nSPS) is 17.6. The van der Waals surface area contributed by atoms with Gasteiger partial charge < -0.3 is 14.4 Å². The van der Waals surface area contributed by atoms with Gasteiger partial charge in [-0.25, -0.2) is 0 Å². The molecule has 0 fully saturated rings. The lowest BCUT2D eigenvalue weighted by Crippen LogP contribution is -2.27. The first-order chi connectivity index (χ1) is 11.2. The Hall–Kier alpha value is -2.56. The highest BCUT2D eigenvalue weighted by Crippen LogP contribution is 2.36. The van der Waals surface area contributed by atoms with Crippen LogP contribution in [0.4, 0.5) is 0 Å². The molecule has 1 aromatic carbocycles. The second kappa shape index (κ2) is 5.57. The average Bonchev–Trinajstić information content (AvgIpc) is 2.77. The van der Waals surface area contributed by atoms with Crippen molar-refractivity contribution < 1.29 is 14.3 Å². The third kappa shape index (κ3) is 2.42. The van der Waals surface area contributed by atoms with Gasteiger partial charge in [0.05, 0.1) is 37.1 Å². The highest BCUT2D eigenvalue weighted by Gasteiger charge is 2.32. The zero-order valence-corrected chi connectivity index (χ0v) is 13.0. The second-order valence-corrected chi connectivity index (χ2v) is 5.86. The zero-order chi connectivity index (χ0) is 15.8. The largest absolute Gasteiger partial charge is 0.490 e. The summed E-state index contributed by atoms with van der Waals surface area (Å²) in [4.78, 5) is 18.7. The van der Waals surface area contributed by atoms with Crippen molar-refractivity contribution in [2.75, 3.05) is 13.2 Å². The molecule has 0 N–H and O–H groups in total. The van der Waals surface area contributed by atoms with E-state index in [1.165, 1.54) is 0 Å². The summed E-state index contributed by atoms with van der Waals surface area (Å²) in [5, 5.41) is 0. The lowest BCUT2D eigenvalue weighted by molar-refractivity contribution is 0.0715. The Labute approximate surface area is 134 Å². The van der Waals surface area contributed by atoms with Gasteiger partial charge in [0.15, 0.2) is 11.5 Å². The molecule has 0 saturated heterocycles. The lowest BCUT2D eigenvalue weighted by Gasteiger charge is -2.25. The van der Waals surface area contributed by atoms with Crippen LogP contribution in [0.25, 0.3) is 0 Å². The smallest absolute Gasteiger partial charge is 0.256 e. The number of pyridine rings is 1. The van der Waals surface area contributed by atoms with E-state index in [0.29, 0.717) is 25.3 Å². The van der Waals surface area contributed by atoms with Crippen LogP contribution in [-0.4, -0.2) is 29.0 Å². The van der Waals surface area contributed by atoms with Crippen molar-refractivity contribution in [3.63, 3.8) is 0 Å². The molecule has 0 bridgehead atoms. The molecule has 0 unspecified atom stereocenters. The number of aromatic nitrogens is 1. The molecule has 2 aliphatic heterocycles. The number of amides is 1. The highest BCUT2D eigenvalue weighted by molar-refractivity contribution is 5.98. The maximum absolute atomic E-state index is 12.6. The number of hydrogen-bond donors (Lipinski definition) is 0. The zero-order valence-electron chi connectivity index (χ0n) is 13.0. The minimum atomic E-state index is -0.0474. The number of fused-ring (bicyclic) bond motifs is 2. The van der Waals surface area contributed by atoms with Crippen molar-refractivity contribution in [3.05, 3.63) is 53.3 Å². The Morgan fingerprint density at radius 1 is 1.17 bits per heavy atom. The number of rotatable bonds is 2. The lowest BCUT2D eigenvalue weighted by atomic mass is 10.1. The van der Waals surface area contributed by atoms with E-state index in [9.17, 15) is 4.79 Å². The maximum Gasteiger partial charge on any atom is 0.256 e. The number of benzene rings is 1. The molecule has 0 radical (unpaired) electrons. The molecule has 4 rings (SSSR count). The van der Waals surface area contributed by atoms with E-state index in [2.05, 4.69) is 4.98 Å². The summed E-state index contributed by atoms with van der Waals surface area (Å²) < 4.78 is 11.4. The summed E-state index contributed by atoms with van der Waals surface area (Å²) in [7, 11) is 0. The number of nitrogens with zero attached hydrogens (tertiary/aromatic N) is 2. The molecule has 118 valence electrons. The van der Waals surface area contributed by atoms with Gasteiger partial charge in [-0.05, 0) is 36.8 Å². The van der Waals surface area contributed by atoms with Gasteiger partial charge in [-0.15, -0.1) is 0 Å². The SMILES string of the molecule is C[C@H](c1ccc2c(c1)OCCCO2)N1Cc2ncccc2C1=O. The predicted molar refractivity (Wildman–Crippen MR) is 84.6 cm³/mol. The van der Waals surface area contributed by atoms with Crippen LogP contribution < -0.4 is 9.47 Å². The Kier molecular flexibility index (Phi) is 3.41. The minimum Gasteiger partial charge on any atom is -0.490 e. The molecule has 5 heteroatoms. The number of carbonyl (C=O) groups is 1. The van der Waals surface area contributed by atoms with Crippen LogP contribution in [0.1, 0.15) is 41.0 Å². The number of carbonyl (C=O) groups excluding carboxylic acids is 1. The Morgan fingerprint density at radius 2 is 2.00 bits per heavy atom. The first kappa shape index (κ1) is 14.1. The molecule has 0 saturated carbocycles. The van der Waals surface area contributed by atoms with E-state index in [-0.39, 0.29) is 11.9 Å². The van der Waals surface area contributed by atoms with Crippen LogP contribution in [-0.2, 0) is 6.54 Å². The van der Waals surface area contributed by atoms with E-state index >= 15 is 0 Å². The third-order valence-electron chi connectivity index (χ3n) is 4.42. The summed E-state index contributed by atoms with van der Waals surface area (Å²) >= 11 is 0. The molecule has 5 nitrogen and oxygen atoms in total. The van der Waals surface area contributed by atoms with Crippen LogP contribution in [0.15, 0.2) is 36.5 Å². The third-order valence-corrected chi connectivity index (χ3v) is 4.42. The van der Waals surface area contributed by atoms with Gasteiger partial charge in [0.25, 0.3) is 5.91 Å². The van der Waals surface area contributed by atoms with Crippen molar-refractivity contribution >= 4 is 5.91 Å². The molecule has 1 amide bonds. The Morgan fingerprint density at radius 3 is 2.83 bits per heavy atom. The van der Waals surface area contributed by atoms with Gasteiger partial charge in [0.1, 0.15) is 0 Å². The van der Waals surface area contributed by atoms with Crippen molar-refractivity contribution in [2.45, 2.75) is 25.9 Å². The number of hydrogen-bond acceptors (Lipinski definition) is 4. The Bertz CT molecular complexity index is 760. The molecule has 23 heavy (non-hydrogen) atoms. The van der Waals surface area contributed by atoms with Gasteiger partial charge in [0.2, 0.25) is 0 Å². The van der Waals surface area contributed by atoms with Crippen LogP contribution >= 0.6 is 0 Å². The molecule has 2 aromatic rings. The van der Waals surface area contributed by atoms with Gasteiger partial charge in [-0.2, -0.15) is 0 Å². The molecular formula is C18H18N2O3. The minimum absolute atomic E-state index is 0.0349. The summed E-state index contributed by atoms with van der Waals surface area (Å²) in [6.45, 7) is 3.91. The molecule has 0 aliphatic carbocycles. The molecule has 1 atom stereocenters. The fourth-order valence-corrected chi connectivity index (χ4v) is 3.08. The van der Waals surface area contributed by atoms with Crippen LogP contribution in [0.2, 0.25) is 0 Å². The first-order valence-electron chi connectivity index (χ1n) is 7.88. The topological polar surface area (TPSA) is 51.7 Å². The summed E-state index contributed by atoms with van der Waals surface area (Å²) in [5.74, 6) is 1.57. The fraction of sp³-hybridized carbons (Fsp3) is 0.333. The fourth-order valence-electron chi connectivity index (χ4n) is 3.08. The predicted octanol–water partition coefficient (Wildman–Crippen LogP) is 2.96. The standard InChI is InChI=1S/C18H18N2O3/c1-12(20-11-15-14(18(20)21)4-2-7-19-15)13-5-6-16-17(10-13)23-9-3-8-22-16/h2,4-7,10,12H,3,8-9,11H2,1H3/t12-/m1/s1. The number of ether oxygens (including phenoxy) is 2. The van der Waals surface area contributed by atoms with Crippen LogP contribution in [0, 0.1) is 0 Å². The summed E-state index contributed by atoms with van der Waals surface area (Å²) in [5.41, 5.74) is 2.59. The van der Waals surface area contributed by atoms with Gasteiger partial charge in [0, 0.05) is 12.6 Å². The van der Waals surface area contributed by atoms with E-state index in [1.807, 2.05) is 36.1 Å². The van der Waals surface area contributed by atoms with E-state index < -0.39 is 0 Å². The van der Waals surface area contributed by atoms with Crippen molar-refractivity contribution in [1.82, 2.24) is 9.88 Å². The molecule has 3 heterocycles. The molecule has 2 aliphatic rings. The first-order valence-corrected chi connectivity index (χ1v) is 7.88. The van der Waals surface area contributed by atoms with Crippen LogP contribution in [0.3, 0.4) is 0 Å². The van der Waals surface area contributed by atoms with Gasteiger partial charge >= 0.3 is 0 Å². The Balaban J connectivity index is 1.62. The van der Waals surface area contributed by atoms with Gasteiger partial charge in [-0.1, -0.05) is 6.07 Å². The van der Waals surface area contributed by atoms with Crippen molar-refractivity contribution in [1.29, 1.82) is 0 Å². The van der Waals surface area contributed by atoms with Crippen molar-refractivity contribution in [2.24, 2.45) is 0 Å². The van der Waals surface area contributed by atoms with Crippen molar-refractivity contribution in [3.8, 4) is 11.5 Å². The quantitative estimate of drug-likeness (QED) is 0.856. The molecular weight excluding hydrogens is 292 g/mol. The maximum atomic E-state index is 12.6. The van der Waals surface area contributed by atoms with Crippen LogP contribution in [0.5, 0.6) is 11.5 Å². The molecule has 1 aromatic heterocycles. The van der Waals surface area contributed by atoms with Gasteiger partial charge in [-0.3, -0.25) is 9.78 Å². The van der Waals surface area contributed by atoms with E-state index in [1.54, 1.807) is 12.3 Å². The highest BCUT2D eigenvalue weighted by atomic mass is 16.5. The summed E-state index contributed by atoms with van der Waals surface area (Å²) in [6, 6.07) is 9.51. The summed E-state index contributed by atoms with van der Waals surface area (Å²) in [6.07, 6.45) is 2.61. The van der Waals surface area contributed by atoms with E-state index in [0.717, 1.165) is 29.2 Å². The monoisotopic (exact) mass is 310 g/mol.